The van der Waals surface area contributed by atoms with Gasteiger partial charge in [0.15, 0.2) is 17.9 Å². The van der Waals surface area contributed by atoms with E-state index < -0.39 is 52.2 Å². The van der Waals surface area contributed by atoms with Crippen molar-refractivity contribution in [2.75, 3.05) is 0 Å². The maximum absolute atomic E-state index is 14.5. The highest BCUT2D eigenvalue weighted by Crippen LogP contribution is 2.50. The zero-order valence-corrected chi connectivity index (χ0v) is 14.9. The third-order valence-electron chi connectivity index (χ3n) is 4.43. The minimum Gasteiger partial charge on any atom is -0.369 e. The summed E-state index contributed by atoms with van der Waals surface area (Å²) < 4.78 is 106. The van der Waals surface area contributed by atoms with Gasteiger partial charge in [-0.2, -0.15) is 26.3 Å². The molecule has 2 aromatic carbocycles. The molecule has 0 saturated carbocycles. The summed E-state index contributed by atoms with van der Waals surface area (Å²) in [5.41, 5.74) is -7.74. The van der Waals surface area contributed by atoms with E-state index in [1.54, 1.807) is 13.8 Å². The Bertz CT molecular complexity index is 898. The Labute approximate surface area is 159 Å². The molecule has 0 atom stereocenters. The fourth-order valence-corrected chi connectivity index (χ4v) is 2.87. The number of alkyl halides is 6. The molecule has 2 nitrogen and oxygen atoms in total. The molecule has 0 amide bonds. The molecule has 0 aliphatic carbocycles. The van der Waals surface area contributed by atoms with E-state index in [1.807, 2.05) is 0 Å². The van der Waals surface area contributed by atoms with Crippen molar-refractivity contribution in [2.24, 2.45) is 0 Å². The molecule has 0 radical (unpaired) electrons. The molecule has 0 aliphatic rings. The number of hydrogen-bond donors (Lipinski definition) is 1. The second kappa shape index (κ2) is 7.40. The summed E-state index contributed by atoms with van der Waals surface area (Å²) in [6, 6.07) is 3.15. The van der Waals surface area contributed by atoms with Crippen LogP contribution in [0, 0.1) is 11.6 Å². The van der Waals surface area contributed by atoms with E-state index in [1.165, 1.54) is 0 Å². The fraction of sp³-hybridized carbons (Fsp3) is 0.316. The van der Waals surface area contributed by atoms with Gasteiger partial charge in [0, 0.05) is 11.1 Å². The highest BCUT2D eigenvalue weighted by atomic mass is 19.4. The summed E-state index contributed by atoms with van der Waals surface area (Å²) >= 11 is 0. The van der Waals surface area contributed by atoms with E-state index in [0.29, 0.717) is 24.3 Å². The van der Waals surface area contributed by atoms with Crippen LogP contribution < -0.4 is 0 Å². The van der Waals surface area contributed by atoms with Crippen molar-refractivity contribution in [2.45, 2.75) is 37.7 Å². The van der Waals surface area contributed by atoms with Crippen molar-refractivity contribution in [3.63, 3.8) is 0 Å². The number of carbonyl (C=O) groups is 1. The highest BCUT2D eigenvalue weighted by molar-refractivity contribution is 5.80. The molecule has 0 bridgehead atoms. The van der Waals surface area contributed by atoms with Crippen LogP contribution in [0.2, 0.25) is 0 Å². The molecule has 158 valence electrons. The van der Waals surface area contributed by atoms with Gasteiger partial charge in [-0.15, -0.1) is 0 Å². The van der Waals surface area contributed by atoms with Crippen molar-refractivity contribution >= 4 is 6.29 Å². The van der Waals surface area contributed by atoms with Gasteiger partial charge in [-0.3, -0.25) is 4.79 Å². The minimum atomic E-state index is -6.07. The van der Waals surface area contributed by atoms with Crippen LogP contribution in [-0.4, -0.2) is 23.7 Å². The number of aliphatic hydroxyl groups is 1. The van der Waals surface area contributed by atoms with Gasteiger partial charge in [-0.1, -0.05) is 38.1 Å². The van der Waals surface area contributed by atoms with E-state index in [0.717, 1.165) is 6.07 Å². The number of rotatable bonds is 4. The summed E-state index contributed by atoms with van der Waals surface area (Å²) in [6.07, 6.45) is -12.1. The van der Waals surface area contributed by atoms with E-state index in [9.17, 15) is 45.0 Å². The van der Waals surface area contributed by atoms with Gasteiger partial charge in [0.25, 0.3) is 5.60 Å². The summed E-state index contributed by atoms with van der Waals surface area (Å²) in [5, 5.41) is 9.40. The predicted octanol–water partition coefficient (Wildman–Crippen LogP) is 5.88. The molecule has 1 N–H and O–H groups in total. The quantitative estimate of drug-likeness (QED) is 0.490. The van der Waals surface area contributed by atoms with Gasteiger partial charge in [0.05, 0.1) is 5.56 Å². The van der Waals surface area contributed by atoms with Crippen LogP contribution >= 0.6 is 0 Å². The van der Waals surface area contributed by atoms with Crippen LogP contribution in [0.25, 0.3) is 11.1 Å². The Kier molecular flexibility index (Phi) is 5.82. The molecule has 0 aromatic heterocycles. The van der Waals surface area contributed by atoms with Gasteiger partial charge in [-0.25, -0.2) is 8.78 Å². The lowest BCUT2D eigenvalue weighted by molar-refractivity contribution is -0.376. The molecule has 0 spiro atoms. The van der Waals surface area contributed by atoms with Crippen molar-refractivity contribution < 1.29 is 45.0 Å². The largest absolute Gasteiger partial charge is 0.430 e. The van der Waals surface area contributed by atoms with Crippen LogP contribution in [0.1, 0.15) is 41.3 Å². The second-order valence-electron chi connectivity index (χ2n) is 6.61. The fourth-order valence-electron chi connectivity index (χ4n) is 2.87. The molecule has 0 unspecified atom stereocenters. The predicted molar refractivity (Wildman–Crippen MR) is 87.3 cm³/mol. The Morgan fingerprint density at radius 3 is 1.76 bits per heavy atom. The Balaban J connectivity index is 2.70. The van der Waals surface area contributed by atoms with Crippen molar-refractivity contribution in [1.29, 1.82) is 0 Å². The summed E-state index contributed by atoms with van der Waals surface area (Å²) in [6.45, 7) is 3.15. The first-order valence-corrected chi connectivity index (χ1v) is 8.10. The lowest BCUT2D eigenvalue weighted by Gasteiger charge is -2.32. The minimum absolute atomic E-state index is 0.0873. The summed E-state index contributed by atoms with van der Waals surface area (Å²) in [4.78, 5) is 10.9. The van der Waals surface area contributed by atoms with Gasteiger partial charge >= 0.3 is 12.4 Å². The normalized spacial score (nSPS) is 13.1. The first-order chi connectivity index (χ1) is 13.2. The van der Waals surface area contributed by atoms with Gasteiger partial charge in [0.1, 0.15) is 0 Å². The Morgan fingerprint density at radius 2 is 1.38 bits per heavy atom. The van der Waals surface area contributed by atoms with Gasteiger partial charge in [0.2, 0.25) is 0 Å². The van der Waals surface area contributed by atoms with Gasteiger partial charge < -0.3 is 5.11 Å². The maximum Gasteiger partial charge on any atom is 0.430 e. The number of hydrogen-bond acceptors (Lipinski definition) is 2. The van der Waals surface area contributed by atoms with Crippen LogP contribution in [0.3, 0.4) is 0 Å². The average Bonchev–Trinajstić information content (AvgIpc) is 2.61. The molecule has 2 aromatic rings. The Morgan fingerprint density at radius 1 is 0.897 bits per heavy atom. The molecule has 0 fully saturated rings. The Hall–Kier alpha value is -2.49. The van der Waals surface area contributed by atoms with Crippen molar-refractivity contribution in [3.8, 4) is 11.1 Å². The van der Waals surface area contributed by atoms with Crippen LogP contribution in [0.4, 0.5) is 35.1 Å². The number of carbonyl (C=O) groups excluding carboxylic acids is 1. The van der Waals surface area contributed by atoms with Gasteiger partial charge in [-0.05, 0) is 23.1 Å². The molecular weight excluding hydrogens is 412 g/mol. The smallest absolute Gasteiger partial charge is 0.369 e. The maximum atomic E-state index is 14.5. The van der Waals surface area contributed by atoms with E-state index >= 15 is 0 Å². The first-order valence-electron chi connectivity index (χ1n) is 8.10. The molecule has 10 heteroatoms. The standard InChI is InChI=1S/C19H14F8O2/c1-9(2)13-7-11(8-28)15(20)16(21)14(13)10-3-5-12(6-4-10)17(29,18(22,23)24)19(25,26)27/h3-9,29H,1-2H3. The molecule has 0 heterocycles. The number of benzene rings is 2. The van der Waals surface area contributed by atoms with Crippen LogP contribution in [0.15, 0.2) is 30.3 Å². The zero-order chi connectivity index (χ0) is 22.4. The second-order valence-corrected chi connectivity index (χ2v) is 6.61. The first kappa shape index (κ1) is 22.8. The molecule has 29 heavy (non-hydrogen) atoms. The molecular formula is C19H14F8O2. The molecule has 0 aliphatic heterocycles. The molecule has 0 saturated heterocycles. The highest BCUT2D eigenvalue weighted by Gasteiger charge is 2.71. The van der Waals surface area contributed by atoms with E-state index in [-0.39, 0.29) is 17.4 Å². The third kappa shape index (κ3) is 3.73. The van der Waals surface area contributed by atoms with E-state index in [4.69, 9.17) is 0 Å². The summed E-state index contributed by atoms with van der Waals surface area (Å²) in [7, 11) is 0. The van der Waals surface area contributed by atoms with Crippen molar-refractivity contribution in [1.82, 2.24) is 0 Å². The zero-order valence-electron chi connectivity index (χ0n) is 14.9. The lowest BCUT2D eigenvalue weighted by Crippen LogP contribution is -2.53. The number of halogens is 8. The SMILES string of the molecule is CC(C)c1cc(C=O)c(F)c(F)c1-c1ccc(C(O)(C(F)(F)F)C(F)(F)F)cc1. The van der Waals surface area contributed by atoms with E-state index in [2.05, 4.69) is 0 Å². The lowest BCUT2D eigenvalue weighted by atomic mass is 9.87. The molecule has 2 rings (SSSR count). The summed E-state index contributed by atoms with van der Waals surface area (Å²) in [5.74, 6) is -3.42. The van der Waals surface area contributed by atoms with Crippen molar-refractivity contribution in [3.05, 3.63) is 58.7 Å². The van der Waals surface area contributed by atoms with Crippen LogP contribution in [-0.2, 0) is 5.60 Å². The third-order valence-corrected chi connectivity index (χ3v) is 4.43. The topological polar surface area (TPSA) is 37.3 Å². The van der Waals surface area contributed by atoms with Crippen LogP contribution in [0.5, 0.6) is 0 Å². The monoisotopic (exact) mass is 426 g/mol. The number of aldehydes is 1. The average molecular weight is 426 g/mol.